The molecule has 2 aliphatic heterocycles. The summed E-state index contributed by atoms with van der Waals surface area (Å²) in [4.78, 5) is 275. The number of likely N-dealkylation sites (tertiary alicyclic amines) is 2. The van der Waals surface area contributed by atoms with Crippen molar-refractivity contribution in [2.75, 3.05) is 90.2 Å². The van der Waals surface area contributed by atoms with E-state index >= 15 is 0 Å². The highest BCUT2D eigenvalue weighted by Gasteiger charge is 2.46. The topological polar surface area (TPSA) is 617 Å². The van der Waals surface area contributed by atoms with Gasteiger partial charge in [0.15, 0.2) is 5.78 Å². The molecule has 0 bridgehead atoms. The van der Waals surface area contributed by atoms with Crippen molar-refractivity contribution >= 4 is 153 Å². The number of hydrogen-bond acceptors (Lipinski definition) is 23. The van der Waals surface area contributed by atoms with Crippen LogP contribution in [-0.2, 0) is 81.5 Å². The number of benzene rings is 2. The fourth-order valence-electron chi connectivity index (χ4n) is 15.9. The van der Waals surface area contributed by atoms with Crippen LogP contribution in [0.4, 0.5) is 16.2 Å². The molecule has 143 heavy (non-hydrogen) atoms. The second-order valence-electron chi connectivity index (χ2n) is 40.4. The van der Waals surface area contributed by atoms with E-state index < -0.39 is 227 Å². The maximum Gasteiger partial charge on any atom is 0.315 e. The van der Waals surface area contributed by atoms with Gasteiger partial charge in [-0.1, -0.05) is 164 Å². The molecule has 0 saturated carbocycles. The van der Waals surface area contributed by atoms with Crippen molar-refractivity contribution in [1.29, 1.82) is 0 Å². The average molecular weight is 2050 g/mol. The van der Waals surface area contributed by atoms with Gasteiger partial charge in [0.1, 0.15) is 54.4 Å². The van der Waals surface area contributed by atoms with Gasteiger partial charge in [-0.05, 0) is 166 Å². The molecule has 45 heteroatoms. The van der Waals surface area contributed by atoms with Gasteiger partial charge in [-0.2, -0.15) is 0 Å². The molecule has 0 radical (unpaired) electrons. The number of nitrogens with one attached hydrogen (secondary N) is 19. The lowest BCUT2D eigenvalue weighted by Crippen LogP contribution is -2.59. The van der Waals surface area contributed by atoms with E-state index in [1.165, 1.54) is 46.2 Å². The minimum Gasteiger partial charge on any atom is -0.481 e. The number of hydrogen-bond donors (Lipinski definition) is 21. The summed E-state index contributed by atoms with van der Waals surface area (Å²) in [5.74, 6) is -14.4. The van der Waals surface area contributed by atoms with Crippen molar-refractivity contribution in [2.24, 2.45) is 16.2 Å². The first-order chi connectivity index (χ1) is 67.2. The summed E-state index contributed by atoms with van der Waals surface area (Å²) in [7, 11) is 3.27. The van der Waals surface area contributed by atoms with Crippen LogP contribution in [0.2, 0.25) is 10.0 Å². The molecule has 4 rings (SSSR count). The molecular formula is C98H157Cl2N21O22. The molecule has 2 fully saturated rings. The largest absolute Gasteiger partial charge is 0.481 e. The molecule has 800 valence electrons. The maximum atomic E-state index is 15.0. The van der Waals surface area contributed by atoms with Crippen LogP contribution in [0.3, 0.4) is 0 Å². The van der Waals surface area contributed by atoms with Gasteiger partial charge < -0.3 is 121 Å². The van der Waals surface area contributed by atoms with E-state index in [9.17, 15) is 106 Å². The Hall–Kier alpha value is -11.7. The van der Waals surface area contributed by atoms with Gasteiger partial charge in [-0.3, -0.25) is 91.1 Å². The van der Waals surface area contributed by atoms with Crippen LogP contribution < -0.4 is 101 Å². The molecule has 2 aliphatic rings. The summed E-state index contributed by atoms with van der Waals surface area (Å²) in [6.45, 7) is 26.1. The molecule has 2 heterocycles. The third kappa shape index (κ3) is 44.6. The van der Waals surface area contributed by atoms with Gasteiger partial charge >= 0.3 is 18.0 Å². The number of anilines is 2. The Morgan fingerprint density at radius 1 is 0.378 bits per heavy atom. The number of halogens is 2. The number of ketones is 1. The van der Waals surface area contributed by atoms with E-state index in [4.69, 9.17) is 23.2 Å². The van der Waals surface area contributed by atoms with Gasteiger partial charge in [0.2, 0.25) is 82.7 Å². The second kappa shape index (κ2) is 61.4. The summed E-state index contributed by atoms with van der Waals surface area (Å²) < 4.78 is 0. The van der Waals surface area contributed by atoms with Crippen LogP contribution >= 0.6 is 23.2 Å². The summed E-state index contributed by atoms with van der Waals surface area (Å²) in [5.41, 5.74) is -3.03. The Balaban J connectivity index is 1.45. The minimum atomic E-state index is -1.73. The lowest BCUT2D eigenvalue weighted by molar-refractivity contribution is -0.144. The summed E-state index contributed by atoms with van der Waals surface area (Å²) in [6, 6.07) is -6.26. The highest BCUT2D eigenvalue weighted by Crippen LogP contribution is 2.32. The predicted molar refractivity (Wildman–Crippen MR) is 540 cm³/mol. The van der Waals surface area contributed by atoms with Crippen LogP contribution in [0.25, 0.3) is 0 Å². The van der Waals surface area contributed by atoms with Gasteiger partial charge in [0, 0.05) is 61.3 Å². The van der Waals surface area contributed by atoms with Gasteiger partial charge in [-0.15, -0.1) is 0 Å². The Morgan fingerprint density at radius 2 is 0.734 bits per heavy atom. The zero-order chi connectivity index (χ0) is 107. The van der Waals surface area contributed by atoms with Crippen molar-refractivity contribution < 1.29 is 106 Å². The Bertz CT molecular complexity index is 4690. The number of rotatable bonds is 61. The smallest absolute Gasteiger partial charge is 0.315 e. The SMILES string of the molecule is CCCCCC(NC(=O)C(CCCCNC(=O)NCC(=O)Nc1ccc(C(=O)N[C@H](C(=O)N2CCC[C@H]2C(=O)N[C@@H](CC(=O)O)C(=O)NCC(=O)NCCNC)C(C)(C)C)cc1Cl)NC(C)(C)C)C(=O)NC(CCCCNC(=O)CNC(=O)[C@H](CC(=O)O)NC(=O)[C@@H]1CCCN1C(=O)[C@@H](NC(=O)c1ccc(NC(=O)CNC)c(Cl)c1)C(C)(C)C)C(=O)NC(CCCCC)C(=O)NC(CCCCC)C(=O)C(C)(C)C. The molecular weight excluding hydrogens is 1890 g/mol. The van der Waals surface area contributed by atoms with Gasteiger partial charge in [-0.25, -0.2) is 4.79 Å². The number of unbranched alkanes of at least 4 members (excludes halogenated alkanes) is 8. The Kier molecular flexibility index (Phi) is 53.1. The number of carboxylic acids is 2. The van der Waals surface area contributed by atoms with Gasteiger partial charge in [0.25, 0.3) is 11.8 Å². The van der Waals surface area contributed by atoms with E-state index in [1.54, 1.807) is 76.4 Å². The molecule has 2 aromatic rings. The first-order valence-electron chi connectivity index (χ1n) is 49.6. The van der Waals surface area contributed by atoms with E-state index in [1.807, 2.05) is 41.5 Å². The van der Waals surface area contributed by atoms with E-state index in [0.717, 1.165) is 25.7 Å². The fraction of sp³-hybridized carbons (Fsp3) is 0.673. The number of carbonyl (C=O) groups excluding carboxylic acids is 18. The number of amides is 18. The number of Topliss-reactive ketones (excluding diaryl/α,β-unsaturated/α-hetero) is 1. The Morgan fingerprint density at radius 3 is 1.10 bits per heavy atom. The average Bonchev–Trinajstić information content (AvgIpc) is 1.75. The molecule has 0 aliphatic carbocycles. The predicted octanol–water partition coefficient (Wildman–Crippen LogP) is 4.36. The molecule has 18 amide bonds. The summed E-state index contributed by atoms with van der Waals surface area (Å²) in [5, 5.41) is 70.7. The first kappa shape index (κ1) is 124. The van der Waals surface area contributed by atoms with Crippen molar-refractivity contribution in [3.8, 4) is 0 Å². The molecule has 0 spiro atoms. The van der Waals surface area contributed by atoms with Crippen molar-refractivity contribution in [1.82, 2.24) is 100 Å². The highest BCUT2D eigenvalue weighted by atomic mass is 35.5. The molecule has 21 N–H and O–H groups in total. The molecule has 0 aromatic heterocycles. The van der Waals surface area contributed by atoms with Gasteiger partial charge in [0.05, 0.1) is 72.5 Å². The van der Waals surface area contributed by atoms with Crippen molar-refractivity contribution in [3.63, 3.8) is 0 Å². The second-order valence-corrected chi connectivity index (χ2v) is 41.2. The molecule has 43 nitrogen and oxygen atoms in total. The first-order valence-corrected chi connectivity index (χ1v) is 50.3. The van der Waals surface area contributed by atoms with Crippen LogP contribution in [-0.4, -0.2) is 290 Å². The van der Waals surface area contributed by atoms with Crippen molar-refractivity contribution in [3.05, 3.63) is 57.6 Å². The normalized spacial score (nSPS) is 15.6. The van der Waals surface area contributed by atoms with Crippen LogP contribution in [0.15, 0.2) is 36.4 Å². The third-order valence-corrected chi connectivity index (χ3v) is 24.3. The molecule has 5 unspecified atom stereocenters. The molecule has 11 atom stereocenters. The number of likely N-dealkylation sites (N-methyl/N-ethyl adjacent to an activating group) is 2. The number of carbonyl (C=O) groups is 20. The summed E-state index contributed by atoms with van der Waals surface area (Å²) in [6.07, 6.45) is 7.13. The zero-order valence-corrected chi connectivity index (χ0v) is 87.6. The van der Waals surface area contributed by atoms with E-state index in [2.05, 4.69) is 101 Å². The van der Waals surface area contributed by atoms with Crippen molar-refractivity contribution in [2.45, 2.75) is 330 Å². The number of nitrogens with zero attached hydrogens (tertiary/aromatic N) is 2. The minimum absolute atomic E-state index is 0.000362. The van der Waals surface area contributed by atoms with Crippen LogP contribution in [0.5, 0.6) is 0 Å². The number of carboxylic acid groups (broad SMARTS) is 2. The number of urea groups is 1. The van der Waals surface area contributed by atoms with Crippen LogP contribution in [0.1, 0.15) is 279 Å². The Labute approximate surface area is 848 Å². The lowest BCUT2D eigenvalue weighted by Gasteiger charge is -2.35. The standard InChI is InChI=1S/C98H157Cl2N21O22/c1-18-21-24-33-64(81(130)97(10,11)12)111-86(135)65(34-25-22-19-2)112-88(137)67(36-27-29-44-103-73(122)55-106-84(133)69(52-77(126)127)115-90(139)71-38-31-48-120(71)92(141)79(95(4,5)6)117-82(131)58-40-42-62(60(99)50-58)109-75(124)54-102-17)113-87(136)66(35-26-23-20-3)114-89(138)68(119-98(13,14)15)37-28-30-45-105-94(143)108-57-76(125)110-63-43-41-59(51-61(63)100)83(132)118-80(96(7,8)9)93(142)121-49-32-39-72(121)91(140)116-70(53-78(128)129)85(134)107-56-74(123)104-47-46-101-16/h40-43,50-51,64-72,79-80,101-102,119H,18-39,44-49,52-57H2,1-17H3,(H,103,122)(H,104,123)(H,106,133)(H,107,134)(H,109,124)(H,110,125)(H,111,135)(H,112,137)(H,113,136)(H,114,138)(H,115,139)(H,116,140)(H,117,131)(H,118,132)(H,126,127)(H,128,129)(H2,105,108,143)/t64?,65?,66?,67?,68?,69-,70-,71-,72-,79+,80+/m0/s1. The lowest BCUT2D eigenvalue weighted by atomic mass is 9.84. The van der Waals surface area contributed by atoms with Crippen LogP contribution in [0, 0.1) is 16.2 Å². The molecule has 2 aromatic carbocycles. The summed E-state index contributed by atoms with van der Waals surface area (Å²) >= 11 is 13.0. The van der Waals surface area contributed by atoms with E-state index in [0.29, 0.717) is 70.8 Å². The van der Waals surface area contributed by atoms with E-state index in [-0.39, 0.29) is 135 Å². The molecule has 2 saturated heterocycles. The quantitative estimate of drug-likeness (QED) is 0.0409. The maximum absolute atomic E-state index is 15.0. The number of aliphatic carboxylic acids is 2. The highest BCUT2D eigenvalue weighted by molar-refractivity contribution is 6.34. The third-order valence-electron chi connectivity index (χ3n) is 23.7. The fourth-order valence-corrected chi connectivity index (χ4v) is 16.4. The zero-order valence-electron chi connectivity index (χ0n) is 86.1. The monoisotopic (exact) mass is 2050 g/mol.